The maximum absolute atomic E-state index is 12.3. The summed E-state index contributed by atoms with van der Waals surface area (Å²) in [6, 6.07) is 7.16. The summed E-state index contributed by atoms with van der Waals surface area (Å²) in [7, 11) is 0. The SMILES string of the molecule is CCOC(=O)c1ccccc1Nc1nc(N2CCOCC2)nc(N2CCOCC2)n1.Cl. The molecule has 168 valence electrons. The molecule has 10 nitrogen and oxygen atoms in total. The van der Waals surface area contributed by atoms with Crippen molar-refractivity contribution in [3.63, 3.8) is 0 Å². The van der Waals surface area contributed by atoms with Crippen molar-refractivity contribution in [2.45, 2.75) is 6.92 Å². The second-order valence-corrected chi connectivity index (χ2v) is 6.85. The topological polar surface area (TPSA) is 102 Å². The van der Waals surface area contributed by atoms with Crippen molar-refractivity contribution in [2.24, 2.45) is 0 Å². The molecule has 2 aliphatic heterocycles. The van der Waals surface area contributed by atoms with Crippen molar-refractivity contribution in [3.05, 3.63) is 29.8 Å². The molecule has 0 saturated carbocycles. The van der Waals surface area contributed by atoms with Crippen LogP contribution in [0.25, 0.3) is 0 Å². The van der Waals surface area contributed by atoms with E-state index in [0.717, 1.165) is 0 Å². The number of carbonyl (C=O) groups is 1. The summed E-state index contributed by atoms with van der Waals surface area (Å²) in [5, 5.41) is 3.19. The summed E-state index contributed by atoms with van der Waals surface area (Å²) in [4.78, 5) is 30.4. The second-order valence-electron chi connectivity index (χ2n) is 6.85. The van der Waals surface area contributed by atoms with Gasteiger partial charge in [-0.1, -0.05) is 12.1 Å². The van der Waals surface area contributed by atoms with Gasteiger partial charge in [0.2, 0.25) is 17.8 Å². The lowest BCUT2D eigenvalue weighted by Crippen LogP contribution is -2.40. The molecule has 4 rings (SSSR count). The minimum absolute atomic E-state index is 0. The van der Waals surface area contributed by atoms with Crippen LogP contribution in [0.4, 0.5) is 23.5 Å². The number of benzene rings is 1. The van der Waals surface area contributed by atoms with Gasteiger partial charge in [-0.05, 0) is 19.1 Å². The van der Waals surface area contributed by atoms with Crippen LogP contribution in [0.1, 0.15) is 17.3 Å². The minimum Gasteiger partial charge on any atom is -0.462 e. The average Bonchev–Trinajstić information content (AvgIpc) is 2.80. The van der Waals surface area contributed by atoms with Gasteiger partial charge in [0.1, 0.15) is 0 Å². The molecule has 0 radical (unpaired) electrons. The molecule has 1 aromatic carbocycles. The number of carbonyl (C=O) groups excluding carboxylic acids is 1. The van der Waals surface area contributed by atoms with Gasteiger partial charge in [-0.3, -0.25) is 0 Å². The number of nitrogens with zero attached hydrogens (tertiary/aromatic N) is 5. The number of rotatable bonds is 6. The summed E-state index contributed by atoms with van der Waals surface area (Å²) >= 11 is 0. The van der Waals surface area contributed by atoms with Gasteiger partial charge in [0.05, 0.1) is 44.3 Å². The minimum atomic E-state index is -0.392. The number of esters is 1. The van der Waals surface area contributed by atoms with Crippen LogP contribution in [0.5, 0.6) is 0 Å². The Labute approximate surface area is 187 Å². The highest BCUT2D eigenvalue weighted by molar-refractivity contribution is 5.96. The highest BCUT2D eigenvalue weighted by atomic mass is 35.5. The monoisotopic (exact) mass is 450 g/mol. The summed E-state index contributed by atoms with van der Waals surface area (Å²) in [5.74, 6) is 1.16. The first-order chi connectivity index (χ1) is 14.7. The molecule has 0 spiro atoms. The molecule has 0 amide bonds. The van der Waals surface area contributed by atoms with Gasteiger partial charge in [0, 0.05) is 26.2 Å². The lowest BCUT2D eigenvalue weighted by Gasteiger charge is -2.30. The van der Waals surface area contributed by atoms with E-state index in [1.807, 2.05) is 6.07 Å². The molecule has 2 fully saturated rings. The highest BCUT2D eigenvalue weighted by Gasteiger charge is 2.21. The molecule has 0 atom stereocenters. The van der Waals surface area contributed by atoms with Crippen molar-refractivity contribution in [1.29, 1.82) is 0 Å². The number of aromatic nitrogens is 3. The predicted octanol–water partition coefficient (Wildman–Crippen LogP) is 1.89. The van der Waals surface area contributed by atoms with E-state index in [1.54, 1.807) is 25.1 Å². The first kappa shape index (κ1) is 23.0. The van der Waals surface area contributed by atoms with Crippen molar-refractivity contribution >= 4 is 41.9 Å². The summed E-state index contributed by atoms with van der Waals surface area (Å²) in [6.07, 6.45) is 0. The first-order valence-electron chi connectivity index (χ1n) is 10.2. The molecule has 0 unspecified atom stereocenters. The Kier molecular flexibility index (Phi) is 8.21. The Morgan fingerprint density at radius 1 is 0.968 bits per heavy atom. The normalized spacial score (nSPS) is 16.4. The van der Waals surface area contributed by atoms with E-state index in [1.165, 1.54) is 0 Å². The first-order valence-corrected chi connectivity index (χ1v) is 10.2. The molecule has 1 N–H and O–H groups in total. The molecule has 2 aliphatic rings. The van der Waals surface area contributed by atoms with Crippen molar-refractivity contribution in [3.8, 4) is 0 Å². The lowest BCUT2D eigenvalue weighted by atomic mass is 10.2. The molecule has 3 heterocycles. The van der Waals surface area contributed by atoms with Crippen LogP contribution >= 0.6 is 12.4 Å². The van der Waals surface area contributed by atoms with Gasteiger partial charge < -0.3 is 29.3 Å². The van der Waals surface area contributed by atoms with Crippen LogP contribution in [-0.4, -0.2) is 80.1 Å². The van der Waals surface area contributed by atoms with Crippen molar-refractivity contribution in [2.75, 3.05) is 74.3 Å². The molecule has 0 aliphatic carbocycles. The number of anilines is 4. The molecule has 1 aromatic heterocycles. The highest BCUT2D eigenvalue weighted by Crippen LogP contribution is 2.23. The molecule has 31 heavy (non-hydrogen) atoms. The van der Waals surface area contributed by atoms with Gasteiger partial charge in [-0.2, -0.15) is 15.0 Å². The Bertz CT molecular complexity index is 838. The fourth-order valence-electron chi connectivity index (χ4n) is 3.32. The average molecular weight is 451 g/mol. The maximum Gasteiger partial charge on any atom is 0.340 e. The number of para-hydroxylation sites is 1. The Balaban J connectivity index is 0.00000272. The Hall–Kier alpha value is -2.69. The van der Waals surface area contributed by atoms with Gasteiger partial charge in [0.25, 0.3) is 0 Å². The number of halogens is 1. The second kappa shape index (κ2) is 11.1. The van der Waals surface area contributed by atoms with E-state index in [0.29, 0.717) is 88.3 Å². The van der Waals surface area contributed by atoms with Gasteiger partial charge in [-0.25, -0.2) is 4.79 Å². The maximum atomic E-state index is 12.3. The van der Waals surface area contributed by atoms with Crippen LogP contribution in [0, 0.1) is 0 Å². The predicted molar refractivity (Wildman–Crippen MR) is 119 cm³/mol. The molecule has 0 bridgehead atoms. The van der Waals surface area contributed by atoms with E-state index < -0.39 is 5.97 Å². The van der Waals surface area contributed by atoms with Crippen LogP contribution in [0.15, 0.2) is 24.3 Å². The zero-order valence-corrected chi connectivity index (χ0v) is 18.3. The third-order valence-corrected chi connectivity index (χ3v) is 4.87. The smallest absolute Gasteiger partial charge is 0.340 e. The zero-order valence-electron chi connectivity index (χ0n) is 17.5. The number of nitrogens with one attached hydrogen (secondary N) is 1. The lowest BCUT2D eigenvalue weighted by molar-refractivity contribution is 0.0527. The Morgan fingerprint density at radius 2 is 1.52 bits per heavy atom. The molecular formula is C20H27ClN6O4. The van der Waals surface area contributed by atoms with Gasteiger partial charge in [0.15, 0.2) is 0 Å². The van der Waals surface area contributed by atoms with E-state index in [9.17, 15) is 4.79 Å². The fraction of sp³-hybridized carbons (Fsp3) is 0.500. The van der Waals surface area contributed by atoms with Gasteiger partial charge >= 0.3 is 5.97 Å². The van der Waals surface area contributed by atoms with Gasteiger partial charge in [-0.15, -0.1) is 12.4 Å². The fourth-order valence-corrected chi connectivity index (χ4v) is 3.32. The van der Waals surface area contributed by atoms with Crippen LogP contribution in [0.3, 0.4) is 0 Å². The van der Waals surface area contributed by atoms with E-state index in [-0.39, 0.29) is 12.4 Å². The molecule has 2 aromatic rings. The third kappa shape index (κ3) is 5.72. The van der Waals surface area contributed by atoms with Crippen LogP contribution in [0.2, 0.25) is 0 Å². The number of hydrogen-bond donors (Lipinski definition) is 1. The van der Waals surface area contributed by atoms with Crippen molar-refractivity contribution in [1.82, 2.24) is 15.0 Å². The third-order valence-electron chi connectivity index (χ3n) is 4.87. The molecule has 11 heteroatoms. The summed E-state index contributed by atoms with van der Waals surface area (Å²) < 4.78 is 16.1. The molecular weight excluding hydrogens is 424 g/mol. The Morgan fingerprint density at radius 3 is 2.06 bits per heavy atom. The standard InChI is InChI=1S/C20H26N6O4.ClH/c1-2-30-17(27)15-5-3-4-6-16(15)21-18-22-19(25-7-11-28-12-8-25)24-20(23-18)26-9-13-29-14-10-26;/h3-6H,2,7-14H2,1H3,(H,21,22,23,24);1H. The van der Waals surface area contributed by atoms with E-state index in [4.69, 9.17) is 19.2 Å². The number of ether oxygens (including phenoxy) is 3. The summed E-state index contributed by atoms with van der Waals surface area (Å²) in [6.45, 7) is 7.47. The largest absolute Gasteiger partial charge is 0.462 e. The summed E-state index contributed by atoms with van der Waals surface area (Å²) in [5.41, 5.74) is 1.02. The zero-order chi connectivity index (χ0) is 20.8. The van der Waals surface area contributed by atoms with E-state index >= 15 is 0 Å². The van der Waals surface area contributed by atoms with Crippen molar-refractivity contribution < 1.29 is 19.0 Å². The number of morpholine rings is 2. The molecule has 2 saturated heterocycles. The quantitative estimate of drug-likeness (QED) is 0.656. The van der Waals surface area contributed by atoms with Crippen LogP contribution in [-0.2, 0) is 14.2 Å². The van der Waals surface area contributed by atoms with Crippen LogP contribution < -0.4 is 15.1 Å². The van der Waals surface area contributed by atoms with E-state index in [2.05, 4.69) is 25.1 Å². The number of hydrogen-bond acceptors (Lipinski definition) is 10.